The molecular weight excluding hydrogens is 412 g/mol. The summed E-state index contributed by atoms with van der Waals surface area (Å²) in [4.78, 5) is 34.9. The maximum absolute atomic E-state index is 12.6. The lowest BCUT2D eigenvalue weighted by atomic mass is 10.2. The molecule has 156 valence electrons. The Hall–Kier alpha value is -3.78. The number of nitrogens with zero attached hydrogens (tertiary/aromatic N) is 2. The Morgan fingerprint density at radius 3 is 2.47 bits per heavy atom. The van der Waals surface area contributed by atoms with Crippen LogP contribution in [-0.4, -0.2) is 43.5 Å². The van der Waals surface area contributed by atoms with Gasteiger partial charge in [0.05, 0.1) is 22.5 Å². The number of carbonyl (C=O) groups excluding carboxylic acids is 2. The predicted octanol–water partition coefficient (Wildman–Crippen LogP) is 0.948. The van der Waals surface area contributed by atoms with Crippen LogP contribution in [0, 0.1) is 21.4 Å². The Kier molecular flexibility index (Phi) is 7.60. The van der Waals surface area contributed by atoms with Gasteiger partial charge in [0, 0.05) is 17.7 Å². The van der Waals surface area contributed by atoms with E-state index in [-0.39, 0.29) is 23.4 Å². The van der Waals surface area contributed by atoms with Crippen molar-refractivity contribution >= 4 is 27.3 Å². The summed E-state index contributed by atoms with van der Waals surface area (Å²) in [6.45, 7) is -0.360. The molecule has 2 N–H and O–H groups in total. The number of amides is 2. The van der Waals surface area contributed by atoms with E-state index in [4.69, 9.17) is 5.26 Å². The SMILES string of the molecule is N#CCNC(=O)[C@H](CS(=O)(=O)Cc1cccc([N+](=O)[O-])c1)NC(=O)c1ccccc1. The lowest BCUT2D eigenvalue weighted by Gasteiger charge is -2.18. The fourth-order valence-corrected chi connectivity index (χ4v) is 4.14. The van der Waals surface area contributed by atoms with Crippen LogP contribution in [-0.2, 0) is 20.4 Å². The van der Waals surface area contributed by atoms with Gasteiger partial charge in [0.25, 0.3) is 11.6 Å². The van der Waals surface area contributed by atoms with Crippen molar-refractivity contribution in [3.8, 4) is 6.07 Å². The Morgan fingerprint density at radius 1 is 1.13 bits per heavy atom. The van der Waals surface area contributed by atoms with Crippen LogP contribution in [0.25, 0.3) is 0 Å². The van der Waals surface area contributed by atoms with Crippen molar-refractivity contribution < 1.29 is 22.9 Å². The van der Waals surface area contributed by atoms with E-state index in [0.29, 0.717) is 0 Å². The molecule has 2 rings (SSSR count). The highest BCUT2D eigenvalue weighted by atomic mass is 32.2. The molecule has 0 aliphatic rings. The summed E-state index contributed by atoms with van der Waals surface area (Å²) < 4.78 is 25.2. The minimum absolute atomic E-state index is 0.176. The number of non-ortho nitro benzene ring substituents is 1. The quantitative estimate of drug-likeness (QED) is 0.340. The summed E-state index contributed by atoms with van der Waals surface area (Å²) in [5.74, 6) is -2.79. The summed E-state index contributed by atoms with van der Waals surface area (Å²) in [6, 6.07) is 13.3. The summed E-state index contributed by atoms with van der Waals surface area (Å²) in [6.07, 6.45) is 0. The van der Waals surface area contributed by atoms with Crippen LogP contribution in [0.4, 0.5) is 5.69 Å². The van der Waals surface area contributed by atoms with Crippen molar-refractivity contribution in [1.82, 2.24) is 10.6 Å². The largest absolute Gasteiger partial charge is 0.341 e. The molecule has 11 heteroatoms. The second kappa shape index (κ2) is 10.1. The maximum Gasteiger partial charge on any atom is 0.269 e. The highest BCUT2D eigenvalue weighted by molar-refractivity contribution is 7.90. The van der Waals surface area contributed by atoms with Gasteiger partial charge in [-0.15, -0.1) is 0 Å². The zero-order valence-corrected chi connectivity index (χ0v) is 16.5. The normalized spacial score (nSPS) is 11.7. The van der Waals surface area contributed by atoms with E-state index in [1.54, 1.807) is 24.3 Å². The third-order valence-corrected chi connectivity index (χ3v) is 5.54. The molecule has 0 aliphatic heterocycles. The lowest BCUT2D eigenvalue weighted by Crippen LogP contribution is -2.50. The van der Waals surface area contributed by atoms with Crippen LogP contribution in [0.2, 0.25) is 0 Å². The standard InChI is InChI=1S/C19H18N4O6S/c20-9-10-21-19(25)17(22-18(24)15-6-2-1-3-7-15)13-30(28,29)12-14-5-4-8-16(11-14)23(26)27/h1-8,11,17H,10,12-13H2,(H,21,25)(H,22,24)/t17-/m0/s1. The van der Waals surface area contributed by atoms with Crippen molar-refractivity contribution in [1.29, 1.82) is 5.26 Å². The van der Waals surface area contributed by atoms with Gasteiger partial charge in [0.2, 0.25) is 5.91 Å². The van der Waals surface area contributed by atoms with Crippen LogP contribution in [0.3, 0.4) is 0 Å². The number of hydrogen-bond acceptors (Lipinski definition) is 7. The smallest absolute Gasteiger partial charge is 0.269 e. The molecule has 0 saturated heterocycles. The van der Waals surface area contributed by atoms with Gasteiger partial charge in [0.15, 0.2) is 9.84 Å². The van der Waals surface area contributed by atoms with Crippen molar-refractivity contribution in [3.63, 3.8) is 0 Å². The molecule has 10 nitrogen and oxygen atoms in total. The fourth-order valence-electron chi connectivity index (χ4n) is 2.59. The molecule has 2 amide bonds. The van der Waals surface area contributed by atoms with E-state index in [9.17, 15) is 28.1 Å². The van der Waals surface area contributed by atoms with E-state index in [1.807, 2.05) is 0 Å². The van der Waals surface area contributed by atoms with E-state index in [2.05, 4.69) is 10.6 Å². The Bertz CT molecular complexity index is 1080. The Balaban J connectivity index is 2.20. The summed E-state index contributed by atoms with van der Waals surface area (Å²) in [5, 5.41) is 24.1. The first-order valence-electron chi connectivity index (χ1n) is 8.66. The van der Waals surface area contributed by atoms with Crippen molar-refractivity contribution in [3.05, 3.63) is 75.8 Å². The number of carbonyl (C=O) groups is 2. The van der Waals surface area contributed by atoms with Gasteiger partial charge in [-0.05, 0) is 17.7 Å². The highest BCUT2D eigenvalue weighted by Crippen LogP contribution is 2.16. The number of nitro groups is 1. The molecule has 30 heavy (non-hydrogen) atoms. The molecule has 0 unspecified atom stereocenters. The van der Waals surface area contributed by atoms with Gasteiger partial charge < -0.3 is 10.6 Å². The number of benzene rings is 2. The van der Waals surface area contributed by atoms with Gasteiger partial charge >= 0.3 is 0 Å². The molecule has 0 spiro atoms. The molecule has 0 bridgehead atoms. The molecule has 0 fully saturated rings. The van der Waals surface area contributed by atoms with Crippen LogP contribution in [0.15, 0.2) is 54.6 Å². The number of nitrogens with one attached hydrogen (secondary N) is 2. The fraction of sp³-hybridized carbons (Fsp3) is 0.211. The molecule has 0 aliphatic carbocycles. The van der Waals surface area contributed by atoms with Crippen LogP contribution in [0.1, 0.15) is 15.9 Å². The van der Waals surface area contributed by atoms with Crippen LogP contribution in [0.5, 0.6) is 0 Å². The zero-order valence-electron chi connectivity index (χ0n) is 15.6. The molecule has 1 atom stereocenters. The summed E-state index contributed by atoms with van der Waals surface area (Å²) >= 11 is 0. The Morgan fingerprint density at radius 2 is 1.83 bits per heavy atom. The first kappa shape index (κ1) is 22.5. The average Bonchev–Trinajstić information content (AvgIpc) is 2.71. The number of hydrogen-bond donors (Lipinski definition) is 2. The predicted molar refractivity (Wildman–Crippen MR) is 107 cm³/mol. The minimum Gasteiger partial charge on any atom is -0.341 e. The summed E-state index contributed by atoms with van der Waals surface area (Å²) in [7, 11) is -3.96. The molecule has 2 aromatic carbocycles. The van der Waals surface area contributed by atoms with E-state index in [0.717, 1.165) is 6.07 Å². The molecule has 0 heterocycles. The van der Waals surface area contributed by atoms with Crippen molar-refractivity contribution in [2.24, 2.45) is 0 Å². The van der Waals surface area contributed by atoms with E-state index < -0.39 is 44.1 Å². The number of nitriles is 1. The second-order valence-corrected chi connectivity index (χ2v) is 8.36. The second-order valence-electron chi connectivity index (χ2n) is 6.25. The number of sulfone groups is 1. The molecule has 0 radical (unpaired) electrons. The molecule has 0 aromatic heterocycles. The van der Waals surface area contributed by atoms with E-state index >= 15 is 0 Å². The van der Waals surface area contributed by atoms with E-state index in [1.165, 1.54) is 30.3 Å². The lowest BCUT2D eigenvalue weighted by molar-refractivity contribution is -0.384. The van der Waals surface area contributed by atoms with Gasteiger partial charge in [-0.2, -0.15) is 5.26 Å². The van der Waals surface area contributed by atoms with Crippen LogP contribution >= 0.6 is 0 Å². The van der Waals surface area contributed by atoms with Gasteiger partial charge in [0.1, 0.15) is 12.6 Å². The first-order chi connectivity index (χ1) is 14.2. The summed E-state index contributed by atoms with van der Waals surface area (Å²) in [5.41, 5.74) is 0.143. The third kappa shape index (κ3) is 6.68. The zero-order chi connectivity index (χ0) is 22.1. The average molecular weight is 430 g/mol. The third-order valence-electron chi connectivity index (χ3n) is 3.93. The highest BCUT2D eigenvalue weighted by Gasteiger charge is 2.28. The van der Waals surface area contributed by atoms with Gasteiger partial charge in [-0.25, -0.2) is 8.42 Å². The molecule has 2 aromatic rings. The molecular formula is C19H18N4O6S. The number of nitro benzene ring substituents is 1. The minimum atomic E-state index is -3.96. The monoisotopic (exact) mass is 430 g/mol. The van der Waals surface area contributed by atoms with Crippen molar-refractivity contribution in [2.45, 2.75) is 11.8 Å². The van der Waals surface area contributed by atoms with Crippen molar-refractivity contribution in [2.75, 3.05) is 12.3 Å². The van der Waals surface area contributed by atoms with Gasteiger partial charge in [-0.3, -0.25) is 19.7 Å². The first-order valence-corrected chi connectivity index (χ1v) is 10.5. The number of rotatable bonds is 9. The molecule has 0 saturated carbocycles. The topological polar surface area (TPSA) is 159 Å². The van der Waals surface area contributed by atoms with Crippen LogP contribution < -0.4 is 10.6 Å². The Labute approximate surface area is 172 Å². The maximum atomic E-state index is 12.6. The van der Waals surface area contributed by atoms with Gasteiger partial charge in [-0.1, -0.05) is 30.3 Å².